The van der Waals surface area contributed by atoms with Crippen molar-refractivity contribution in [1.29, 1.82) is 0 Å². The molecule has 1 aliphatic rings. The maximum absolute atomic E-state index is 11.8. The monoisotopic (exact) mass is 289 g/mol. The van der Waals surface area contributed by atoms with E-state index in [0.717, 1.165) is 0 Å². The Morgan fingerprint density at radius 2 is 1.80 bits per heavy atom. The zero-order valence-corrected chi connectivity index (χ0v) is 11.3. The lowest BCUT2D eigenvalue weighted by atomic mass is 9.85. The molecule has 0 aliphatic carbocycles. The number of rotatable bonds is 7. The number of hydrogen-bond donors (Lipinski definition) is 2. The minimum Gasteiger partial charge on any atom is -0.481 e. The molecule has 0 radical (unpaired) electrons. The summed E-state index contributed by atoms with van der Waals surface area (Å²) in [6.07, 6.45) is 0.135. The zero-order valence-electron chi connectivity index (χ0n) is 11.3. The molecular weight excluding hydrogens is 270 g/mol. The van der Waals surface area contributed by atoms with E-state index in [-0.39, 0.29) is 38.6 Å². The Balaban J connectivity index is 2.51. The highest BCUT2D eigenvalue weighted by atomic mass is 16.5. The maximum atomic E-state index is 11.8. The van der Waals surface area contributed by atoms with Crippen molar-refractivity contribution in [2.75, 3.05) is 40.0 Å². The van der Waals surface area contributed by atoms with Crippen molar-refractivity contribution in [3.05, 3.63) is 0 Å². The van der Waals surface area contributed by atoms with Gasteiger partial charge in [-0.1, -0.05) is 0 Å². The first kappa shape index (κ1) is 16.4. The Labute approximate surface area is 116 Å². The van der Waals surface area contributed by atoms with Crippen molar-refractivity contribution in [3.63, 3.8) is 0 Å². The Hall–Kier alpha value is -1.67. The molecule has 0 aromatic heterocycles. The van der Waals surface area contributed by atoms with Gasteiger partial charge in [0.05, 0.1) is 25.0 Å². The number of carbonyl (C=O) groups excluding carboxylic acids is 1. The minimum absolute atomic E-state index is 0.0984. The summed E-state index contributed by atoms with van der Waals surface area (Å²) in [4.78, 5) is 35.2. The van der Waals surface area contributed by atoms with Gasteiger partial charge in [0.2, 0.25) is 5.91 Å². The van der Waals surface area contributed by atoms with E-state index in [1.807, 2.05) is 0 Å². The number of piperidine rings is 1. The highest BCUT2D eigenvalue weighted by molar-refractivity contribution is 5.83. The molecule has 0 aromatic rings. The smallest absolute Gasteiger partial charge is 0.309 e. The molecule has 0 aromatic carbocycles. The number of hydrogen-bond acceptors (Lipinski definition) is 5. The fourth-order valence-electron chi connectivity index (χ4n) is 2.12. The van der Waals surface area contributed by atoms with Crippen LogP contribution in [0.15, 0.2) is 0 Å². The topological polar surface area (TPSA) is 113 Å². The van der Waals surface area contributed by atoms with Crippen molar-refractivity contribution in [1.82, 2.24) is 4.90 Å². The lowest BCUT2D eigenvalue weighted by Gasteiger charge is -2.34. The summed E-state index contributed by atoms with van der Waals surface area (Å²) < 4.78 is 9.84. The van der Waals surface area contributed by atoms with E-state index < -0.39 is 23.8 Å². The van der Waals surface area contributed by atoms with Crippen LogP contribution in [0.2, 0.25) is 0 Å². The predicted octanol–water partition coefficient (Wildman–Crippen LogP) is -0.717. The normalized spacial score (nSPS) is 22.6. The lowest BCUT2D eigenvalue weighted by molar-refractivity contribution is -0.159. The Kier molecular flexibility index (Phi) is 6.40. The molecule has 2 unspecified atom stereocenters. The van der Waals surface area contributed by atoms with Crippen LogP contribution >= 0.6 is 0 Å². The van der Waals surface area contributed by atoms with E-state index >= 15 is 0 Å². The highest BCUT2D eigenvalue weighted by Crippen LogP contribution is 2.24. The van der Waals surface area contributed by atoms with Gasteiger partial charge in [-0.25, -0.2) is 0 Å². The number of carbonyl (C=O) groups is 3. The number of methoxy groups -OCH3 is 1. The molecule has 2 atom stereocenters. The van der Waals surface area contributed by atoms with E-state index in [1.54, 1.807) is 0 Å². The van der Waals surface area contributed by atoms with Crippen molar-refractivity contribution < 1.29 is 34.1 Å². The summed E-state index contributed by atoms with van der Waals surface area (Å²) in [5.41, 5.74) is 0. The van der Waals surface area contributed by atoms with Gasteiger partial charge in [-0.3, -0.25) is 14.4 Å². The number of carboxylic acid groups (broad SMARTS) is 2. The van der Waals surface area contributed by atoms with Gasteiger partial charge in [-0.15, -0.1) is 0 Å². The largest absolute Gasteiger partial charge is 0.481 e. The molecular formula is C12H19NO7. The van der Waals surface area contributed by atoms with Crippen LogP contribution in [0.25, 0.3) is 0 Å². The average Bonchev–Trinajstić information content (AvgIpc) is 2.42. The molecule has 2 N–H and O–H groups in total. The second-order valence-electron chi connectivity index (χ2n) is 4.56. The number of carboxylic acids is 2. The number of amides is 1. The molecule has 0 spiro atoms. The Morgan fingerprint density at radius 3 is 2.35 bits per heavy atom. The molecule has 8 nitrogen and oxygen atoms in total. The standard InChI is InChI=1S/C12H19NO7/c1-19-4-5-20-7-10(14)13-3-2-8(11(15)16)9(6-13)12(17)18/h8-9H,2-7H2,1H3,(H,15,16)(H,17,18). The number of aliphatic carboxylic acids is 2. The van der Waals surface area contributed by atoms with E-state index in [2.05, 4.69) is 0 Å². The van der Waals surface area contributed by atoms with E-state index in [0.29, 0.717) is 6.61 Å². The molecule has 0 bridgehead atoms. The van der Waals surface area contributed by atoms with E-state index in [4.69, 9.17) is 19.7 Å². The van der Waals surface area contributed by atoms with Crippen LogP contribution < -0.4 is 0 Å². The molecule has 1 rings (SSSR count). The van der Waals surface area contributed by atoms with Crippen LogP contribution in [-0.2, 0) is 23.9 Å². The third kappa shape index (κ3) is 4.46. The lowest BCUT2D eigenvalue weighted by Crippen LogP contribution is -2.49. The molecule has 8 heteroatoms. The predicted molar refractivity (Wildman–Crippen MR) is 66.1 cm³/mol. The highest BCUT2D eigenvalue weighted by Gasteiger charge is 2.39. The Bertz CT molecular complexity index is 371. The first-order valence-electron chi connectivity index (χ1n) is 6.27. The summed E-state index contributed by atoms with van der Waals surface area (Å²) in [6.45, 7) is 0.613. The van der Waals surface area contributed by atoms with Crippen LogP contribution in [0.5, 0.6) is 0 Å². The van der Waals surface area contributed by atoms with Crippen LogP contribution in [0, 0.1) is 11.8 Å². The number of likely N-dealkylation sites (tertiary alicyclic amines) is 1. The zero-order chi connectivity index (χ0) is 15.1. The third-order valence-electron chi connectivity index (χ3n) is 3.26. The quantitative estimate of drug-likeness (QED) is 0.595. The SMILES string of the molecule is COCCOCC(=O)N1CCC(C(=O)O)C(C(=O)O)C1. The van der Waals surface area contributed by atoms with Gasteiger partial charge < -0.3 is 24.6 Å². The molecule has 1 amide bonds. The third-order valence-corrected chi connectivity index (χ3v) is 3.26. The fourth-order valence-corrected chi connectivity index (χ4v) is 2.12. The van der Waals surface area contributed by atoms with Gasteiger partial charge in [0.15, 0.2) is 0 Å². The molecule has 1 saturated heterocycles. The summed E-state index contributed by atoms with van der Waals surface area (Å²) in [7, 11) is 1.51. The van der Waals surface area contributed by atoms with Crippen molar-refractivity contribution in [3.8, 4) is 0 Å². The molecule has 1 heterocycles. The summed E-state index contributed by atoms with van der Waals surface area (Å²) in [5.74, 6) is -4.71. The summed E-state index contributed by atoms with van der Waals surface area (Å²) >= 11 is 0. The van der Waals surface area contributed by atoms with Crippen LogP contribution in [0.3, 0.4) is 0 Å². The summed E-state index contributed by atoms with van der Waals surface area (Å²) in [6, 6.07) is 0. The second-order valence-corrected chi connectivity index (χ2v) is 4.56. The second kappa shape index (κ2) is 7.81. The molecule has 1 aliphatic heterocycles. The first-order chi connectivity index (χ1) is 9.47. The number of nitrogens with zero attached hydrogens (tertiary/aromatic N) is 1. The van der Waals surface area contributed by atoms with Crippen molar-refractivity contribution in [2.45, 2.75) is 6.42 Å². The van der Waals surface area contributed by atoms with Crippen LogP contribution in [0.1, 0.15) is 6.42 Å². The van der Waals surface area contributed by atoms with Gasteiger partial charge in [-0.2, -0.15) is 0 Å². The van der Waals surface area contributed by atoms with Gasteiger partial charge in [0, 0.05) is 20.2 Å². The van der Waals surface area contributed by atoms with Crippen molar-refractivity contribution in [2.24, 2.45) is 11.8 Å². The van der Waals surface area contributed by atoms with Crippen LogP contribution in [0.4, 0.5) is 0 Å². The van der Waals surface area contributed by atoms with E-state index in [1.165, 1.54) is 12.0 Å². The van der Waals surface area contributed by atoms with E-state index in [9.17, 15) is 14.4 Å². The maximum Gasteiger partial charge on any atom is 0.309 e. The Morgan fingerprint density at radius 1 is 1.15 bits per heavy atom. The summed E-state index contributed by atoms with van der Waals surface area (Å²) in [5, 5.41) is 18.0. The first-order valence-corrected chi connectivity index (χ1v) is 6.27. The molecule has 1 fully saturated rings. The molecule has 20 heavy (non-hydrogen) atoms. The van der Waals surface area contributed by atoms with Gasteiger partial charge in [0.25, 0.3) is 0 Å². The van der Waals surface area contributed by atoms with Gasteiger partial charge in [0.1, 0.15) is 6.61 Å². The number of ether oxygens (including phenoxy) is 2. The van der Waals surface area contributed by atoms with Gasteiger partial charge in [-0.05, 0) is 6.42 Å². The average molecular weight is 289 g/mol. The van der Waals surface area contributed by atoms with Gasteiger partial charge >= 0.3 is 11.9 Å². The van der Waals surface area contributed by atoms with Crippen LogP contribution in [-0.4, -0.2) is 73.0 Å². The minimum atomic E-state index is -1.20. The fraction of sp³-hybridized carbons (Fsp3) is 0.750. The van der Waals surface area contributed by atoms with Crippen molar-refractivity contribution >= 4 is 17.8 Å². The molecule has 0 saturated carbocycles. The molecule has 114 valence electrons.